The summed E-state index contributed by atoms with van der Waals surface area (Å²) in [6.07, 6.45) is 0. The van der Waals surface area contributed by atoms with Crippen LogP contribution < -0.4 is 0 Å². The zero-order valence-electron chi connectivity index (χ0n) is 7.58. The van der Waals surface area contributed by atoms with Crippen LogP contribution in [0.1, 0.15) is 13.8 Å². The molecule has 66 valence electrons. The van der Waals surface area contributed by atoms with E-state index in [-0.39, 0.29) is 0 Å². The molecule has 0 saturated carbocycles. The quantitative estimate of drug-likeness (QED) is 0.554. The maximum atomic E-state index is 3.66. The molecule has 12 heavy (non-hydrogen) atoms. The van der Waals surface area contributed by atoms with Crippen molar-refractivity contribution in [3.63, 3.8) is 0 Å². The predicted molar refractivity (Wildman–Crippen MR) is 53.0 cm³/mol. The minimum atomic E-state index is 0.799. The van der Waals surface area contributed by atoms with Gasteiger partial charge in [0.1, 0.15) is 0 Å². The van der Waals surface area contributed by atoms with Crippen molar-refractivity contribution in [3.8, 4) is 0 Å². The Balaban J connectivity index is 0. The first-order valence-electron chi connectivity index (χ1n) is 3.66. The first-order valence-corrected chi connectivity index (χ1v) is 5.73. The Kier molecular flexibility index (Phi) is 15.2. The summed E-state index contributed by atoms with van der Waals surface area (Å²) < 4.78 is 0. The van der Waals surface area contributed by atoms with Gasteiger partial charge in [-0.15, -0.1) is 6.07 Å². The summed E-state index contributed by atoms with van der Waals surface area (Å²) in [4.78, 5) is 7.00. The standard InChI is InChI=1S/C7H6N.C2H6.CH2.W/c1-8-7-5-3-2-4-6-7;1-2;;/h2-5H,1H2;1-2H3;1H2;/q-1;;;. The van der Waals surface area contributed by atoms with Crippen molar-refractivity contribution in [2.45, 2.75) is 13.8 Å². The summed E-state index contributed by atoms with van der Waals surface area (Å²) >= 11 is 1.33. The monoisotopic (exact) mass is 332 g/mol. The van der Waals surface area contributed by atoms with Crippen LogP contribution in [-0.2, 0) is 19.4 Å². The van der Waals surface area contributed by atoms with Crippen LogP contribution in [0.25, 0.3) is 0 Å². The van der Waals surface area contributed by atoms with Crippen molar-refractivity contribution in [2.24, 2.45) is 4.99 Å². The van der Waals surface area contributed by atoms with E-state index in [0.717, 1.165) is 5.69 Å². The second-order valence-corrected chi connectivity index (χ2v) is 1.41. The van der Waals surface area contributed by atoms with Crippen molar-refractivity contribution in [1.82, 2.24) is 0 Å². The average molecular weight is 332 g/mol. The van der Waals surface area contributed by atoms with Crippen molar-refractivity contribution in [3.05, 3.63) is 30.3 Å². The molecule has 0 aliphatic rings. The molecule has 1 aromatic carbocycles. The average Bonchev–Trinajstić information content (AvgIpc) is 2.25. The van der Waals surface area contributed by atoms with Crippen molar-refractivity contribution in [1.29, 1.82) is 0 Å². The van der Waals surface area contributed by atoms with Crippen LogP contribution in [0.2, 0.25) is 0 Å². The van der Waals surface area contributed by atoms with Gasteiger partial charge in [0, 0.05) is 0 Å². The van der Waals surface area contributed by atoms with Gasteiger partial charge in [0.15, 0.2) is 0 Å². The molecule has 0 aliphatic heterocycles. The van der Waals surface area contributed by atoms with Gasteiger partial charge in [0.05, 0.1) is 0 Å². The van der Waals surface area contributed by atoms with E-state index in [9.17, 15) is 0 Å². The molecule has 0 unspecified atom stereocenters. The normalized spacial score (nSPS) is 6.50. The third-order valence-electron chi connectivity index (χ3n) is 0.863. The molecular formula is C10H14NW-. The van der Waals surface area contributed by atoms with Crippen LogP contribution in [0.3, 0.4) is 0 Å². The van der Waals surface area contributed by atoms with E-state index in [4.69, 9.17) is 0 Å². The molecule has 1 aromatic rings. The molecule has 0 saturated heterocycles. The van der Waals surface area contributed by atoms with Crippen LogP contribution in [0.4, 0.5) is 5.69 Å². The number of aliphatic imine (C=N–C) groups is 1. The summed E-state index contributed by atoms with van der Waals surface area (Å²) in [5.41, 5.74) is 0.799. The van der Waals surface area contributed by atoms with Gasteiger partial charge in [-0.3, -0.25) is 4.99 Å². The molecule has 0 aliphatic carbocycles. The topological polar surface area (TPSA) is 12.4 Å². The third kappa shape index (κ3) is 7.55. The van der Waals surface area contributed by atoms with Gasteiger partial charge in [0.25, 0.3) is 0 Å². The number of hydrogen-bond acceptors (Lipinski definition) is 1. The zero-order valence-corrected chi connectivity index (χ0v) is 10.5. The summed E-state index contributed by atoms with van der Waals surface area (Å²) in [6.45, 7) is 7.35. The van der Waals surface area contributed by atoms with Crippen LogP contribution in [0.5, 0.6) is 0 Å². The maximum absolute atomic E-state index is 3.66. The van der Waals surface area contributed by atoms with E-state index >= 15 is 0 Å². The molecule has 0 radical (unpaired) electrons. The molecule has 0 amide bonds. The van der Waals surface area contributed by atoms with Crippen molar-refractivity contribution in [2.75, 3.05) is 0 Å². The number of rotatable bonds is 1. The summed E-state index contributed by atoms with van der Waals surface area (Å²) in [5, 5.41) is 0. The summed E-state index contributed by atoms with van der Waals surface area (Å²) in [7, 11) is 0. The second kappa shape index (κ2) is 13.1. The molecule has 0 spiro atoms. The molecule has 1 nitrogen and oxygen atoms in total. The molecule has 0 fully saturated rings. The second-order valence-electron chi connectivity index (χ2n) is 1.41. The molecule has 1 rings (SSSR count). The predicted octanol–water partition coefficient (Wildman–Crippen LogP) is 2.81. The van der Waals surface area contributed by atoms with E-state index in [0.29, 0.717) is 0 Å². The first kappa shape index (κ1) is 14.0. The number of para-hydroxylation sites is 1. The Morgan fingerprint density at radius 3 is 2.17 bits per heavy atom. The molecule has 0 N–H and O–H groups in total. The molecule has 0 bridgehead atoms. The minimum absolute atomic E-state index is 0.799. The number of benzene rings is 1. The van der Waals surface area contributed by atoms with Crippen molar-refractivity contribution < 1.29 is 19.4 Å². The van der Waals surface area contributed by atoms with E-state index < -0.39 is 0 Å². The molecule has 2 heteroatoms. The Labute approximate surface area is 86.0 Å². The van der Waals surface area contributed by atoms with Gasteiger partial charge in [-0.05, 0) is 6.72 Å². The fourth-order valence-electron chi connectivity index (χ4n) is 0.482. The van der Waals surface area contributed by atoms with Gasteiger partial charge in [-0.25, -0.2) is 0 Å². The Bertz CT molecular complexity index is 184. The van der Waals surface area contributed by atoms with Gasteiger partial charge in [-0.1, -0.05) is 19.5 Å². The van der Waals surface area contributed by atoms with Crippen LogP contribution in [0.15, 0.2) is 29.3 Å². The van der Waals surface area contributed by atoms with E-state index in [1.807, 2.05) is 38.1 Å². The van der Waals surface area contributed by atoms with Gasteiger partial charge in [-0.2, -0.15) is 24.3 Å². The first-order chi connectivity index (χ1) is 5.93. The van der Waals surface area contributed by atoms with Crippen LogP contribution >= 0.6 is 0 Å². The fourth-order valence-corrected chi connectivity index (χ4v) is 0.482. The van der Waals surface area contributed by atoms with Gasteiger partial charge in [0.2, 0.25) is 0 Å². The van der Waals surface area contributed by atoms with E-state index in [1.165, 1.54) is 19.4 Å². The fraction of sp³-hybridized carbons (Fsp3) is 0.200. The molecule has 0 heterocycles. The Hall–Kier alpha value is -0.552. The third-order valence-corrected chi connectivity index (χ3v) is 0.863. The molecular weight excluding hydrogens is 318 g/mol. The number of nitrogens with zero attached hydrogens (tertiary/aromatic N) is 1. The van der Waals surface area contributed by atoms with Crippen molar-refractivity contribution >= 4 is 17.3 Å². The summed E-state index contributed by atoms with van der Waals surface area (Å²) in [6, 6.07) is 10.4. The molecule has 0 atom stereocenters. The van der Waals surface area contributed by atoms with Crippen LogP contribution in [-0.4, -0.2) is 11.6 Å². The SMILES string of the molecule is C=Nc1[c-]cccc1.CC.[CH2]=[W]. The van der Waals surface area contributed by atoms with Gasteiger partial charge < -0.3 is 0 Å². The van der Waals surface area contributed by atoms with E-state index in [1.54, 1.807) is 0 Å². The summed E-state index contributed by atoms with van der Waals surface area (Å²) in [5.74, 6) is 0. The van der Waals surface area contributed by atoms with E-state index in [2.05, 4.69) is 22.7 Å². The molecule has 0 aromatic heterocycles. The van der Waals surface area contributed by atoms with Crippen LogP contribution in [0, 0.1) is 6.07 Å². The van der Waals surface area contributed by atoms with Gasteiger partial charge >= 0.3 is 24.3 Å². The Morgan fingerprint density at radius 1 is 1.33 bits per heavy atom. The number of hydrogen-bond donors (Lipinski definition) is 0. The zero-order chi connectivity index (χ0) is 9.82. The Morgan fingerprint density at radius 2 is 1.92 bits per heavy atom.